The van der Waals surface area contributed by atoms with Gasteiger partial charge in [0.2, 0.25) is 0 Å². The van der Waals surface area contributed by atoms with E-state index < -0.39 is 5.60 Å². The van der Waals surface area contributed by atoms with Gasteiger partial charge >= 0.3 is 0 Å². The molecule has 2 rings (SSSR count). The maximum Gasteiger partial charge on any atom is 0.190 e. The number of aryl methyl sites for hydroxylation is 1. The summed E-state index contributed by atoms with van der Waals surface area (Å²) >= 11 is 0. The van der Waals surface area contributed by atoms with E-state index in [1.54, 1.807) is 19.1 Å². The van der Waals surface area contributed by atoms with Crippen LogP contribution in [0.4, 0.5) is 0 Å². The number of para-hydroxylation sites is 1. The van der Waals surface area contributed by atoms with Gasteiger partial charge in [-0.05, 0) is 51.8 Å². The van der Waals surface area contributed by atoms with Crippen LogP contribution in [0.2, 0.25) is 0 Å². The Morgan fingerprint density at radius 2 is 2.00 bits per heavy atom. The van der Waals surface area contributed by atoms with Crippen LogP contribution in [-0.4, -0.2) is 15.3 Å². The monoisotopic (exact) mass is 311 g/mol. The molecule has 122 valence electrons. The molecule has 23 heavy (non-hydrogen) atoms. The van der Waals surface area contributed by atoms with Crippen molar-refractivity contribution < 1.29 is 5.11 Å². The molecule has 0 saturated heterocycles. The number of rotatable bonds is 5. The van der Waals surface area contributed by atoms with Gasteiger partial charge in [-0.25, -0.2) is 0 Å². The molecule has 0 saturated carbocycles. The van der Waals surface area contributed by atoms with E-state index in [1.807, 2.05) is 42.0 Å². The third kappa shape index (κ3) is 4.42. The number of allylic oxidation sites excluding steroid dienone is 2. The minimum atomic E-state index is -0.895. The second-order valence-electron chi connectivity index (χ2n) is 6.52. The first-order valence-electron chi connectivity index (χ1n) is 7.94. The topological polar surface area (TPSA) is 42.2 Å². The van der Waals surface area contributed by atoms with Crippen molar-refractivity contribution in [1.82, 2.24) is 4.57 Å². The number of benzene rings is 1. The Morgan fingerprint density at radius 3 is 2.70 bits per heavy atom. The first-order chi connectivity index (χ1) is 10.8. The third-order valence-corrected chi connectivity index (χ3v) is 4.01. The largest absolute Gasteiger partial charge is 0.386 e. The molecule has 0 fully saturated rings. The molecule has 1 aromatic heterocycles. The van der Waals surface area contributed by atoms with Crippen molar-refractivity contribution in [2.24, 2.45) is 7.05 Å². The second kappa shape index (κ2) is 6.97. The van der Waals surface area contributed by atoms with E-state index in [1.165, 1.54) is 5.57 Å². The van der Waals surface area contributed by atoms with Crippen LogP contribution >= 0.6 is 0 Å². The lowest BCUT2D eigenvalue weighted by Gasteiger charge is -2.18. The van der Waals surface area contributed by atoms with Crippen LogP contribution in [0.3, 0.4) is 0 Å². The normalized spacial score (nSPS) is 14.1. The number of fused-ring (bicyclic) bond motifs is 1. The van der Waals surface area contributed by atoms with Crippen molar-refractivity contribution in [1.29, 1.82) is 0 Å². The van der Waals surface area contributed by atoms with E-state index in [9.17, 15) is 9.90 Å². The molecular formula is C20H25NO2. The van der Waals surface area contributed by atoms with E-state index in [2.05, 4.69) is 19.9 Å². The molecule has 2 aromatic rings. The van der Waals surface area contributed by atoms with Gasteiger partial charge in [-0.3, -0.25) is 4.79 Å². The zero-order valence-corrected chi connectivity index (χ0v) is 14.3. The van der Waals surface area contributed by atoms with E-state index in [0.717, 1.165) is 17.6 Å². The minimum absolute atomic E-state index is 0.00235. The molecule has 3 nitrogen and oxygen atoms in total. The summed E-state index contributed by atoms with van der Waals surface area (Å²) in [5.74, 6) is 0. The number of nitrogens with zero attached hydrogens (tertiary/aromatic N) is 1. The fraction of sp³-hybridized carbons (Fsp3) is 0.350. The highest BCUT2D eigenvalue weighted by Crippen LogP contribution is 2.18. The molecule has 1 heterocycles. The van der Waals surface area contributed by atoms with Gasteiger partial charge in [0.15, 0.2) is 5.43 Å². The van der Waals surface area contributed by atoms with Crippen molar-refractivity contribution in [3.8, 4) is 0 Å². The first kappa shape index (κ1) is 17.2. The molecule has 1 aromatic carbocycles. The third-order valence-electron chi connectivity index (χ3n) is 4.01. The van der Waals surface area contributed by atoms with E-state index in [0.29, 0.717) is 11.8 Å². The molecular weight excluding hydrogens is 286 g/mol. The quantitative estimate of drug-likeness (QED) is 0.847. The predicted octanol–water partition coefficient (Wildman–Crippen LogP) is 4.05. The summed E-state index contributed by atoms with van der Waals surface area (Å²) in [6.45, 7) is 5.90. The zero-order valence-electron chi connectivity index (χ0n) is 14.3. The van der Waals surface area contributed by atoms with Gasteiger partial charge in [0.05, 0.1) is 11.1 Å². The average molecular weight is 311 g/mol. The first-order valence-corrected chi connectivity index (χ1v) is 7.94. The highest BCUT2D eigenvalue weighted by molar-refractivity contribution is 5.80. The molecule has 0 amide bonds. The van der Waals surface area contributed by atoms with Crippen molar-refractivity contribution in [2.75, 3.05) is 0 Å². The second-order valence-corrected chi connectivity index (χ2v) is 6.52. The van der Waals surface area contributed by atoms with Gasteiger partial charge in [0.1, 0.15) is 0 Å². The fourth-order valence-electron chi connectivity index (χ4n) is 2.58. The highest BCUT2D eigenvalue weighted by atomic mass is 16.3. The van der Waals surface area contributed by atoms with Gasteiger partial charge in [-0.1, -0.05) is 29.9 Å². The van der Waals surface area contributed by atoms with Gasteiger partial charge in [-0.15, -0.1) is 0 Å². The van der Waals surface area contributed by atoms with Crippen molar-refractivity contribution >= 4 is 17.0 Å². The Bertz CT molecular complexity index is 806. The SMILES string of the molecule is CC(C)=CCC[C@](C)(O)C=Cc1cc(=O)c2ccccc2n1C. The summed E-state index contributed by atoms with van der Waals surface area (Å²) in [6, 6.07) is 9.17. The van der Waals surface area contributed by atoms with E-state index in [-0.39, 0.29) is 5.43 Å². The highest BCUT2D eigenvalue weighted by Gasteiger charge is 2.15. The maximum absolute atomic E-state index is 12.2. The summed E-state index contributed by atoms with van der Waals surface area (Å²) < 4.78 is 1.97. The van der Waals surface area contributed by atoms with Gasteiger partial charge < -0.3 is 9.67 Å². The van der Waals surface area contributed by atoms with Crippen LogP contribution in [-0.2, 0) is 7.05 Å². The van der Waals surface area contributed by atoms with Crippen LogP contribution in [0.5, 0.6) is 0 Å². The average Bonchev–Trinajstić information content (AvgIpc) is 2.49. The van der Waals surface area contributed by atoms with Gasteiger partial charge in [0.25, 0.3) is 0 Å². The smallest absolute Gasteiger partial charge is 0.190 e. The minimum Gasteiger partial charge on any atom is -0.386 e. The van der Waals surface area contributed by atoms with Crippen LogP contribution in [0.15, 0.2) is 52.9 Å². The Morgan fingerprint density at radius 1 is 1.30 bits per heavy atom. The lowest BCUT2D eigenvalue weighted by molar-refractivity contribution is 0.104. The van der Waals surface area contributed by atoms with Crippen LogP contribution in [0.25, 0.3) is 17.0 Å². The number of pyridine rings is 1. The van der Waals surface area contributed by atoms with Crippen molar-refractivity contribution in [3.63, 3.8) is 0 Å². The summed E-state index contributed by atoms with van der Waals surface area (Å²) in [4.78, 5) is 12.2. The Kier molecular flexibility index (Phi) is 5.22. The number of hydrogen-bond acceptors (Lipinski definition) is 2. The number of aliphatic hydroxyl groups is 1. The summed E-state index contributed by atoms with van der Waals surface area (Å²) in [7, 11) is 1.93. The summed E-state index contributed by atoms with van der Waals surface area (Å²) in [6.07, 6.45) is 7.20. The summed E-state index contributed by atoms with van der Waals surface area (Å²) in [5.41, 5.74) is 2.04. The van der Waals surface area contributed by atoms with Crippen LogP contribution < -0.4 is 5.43 Å². The molecule has 1 atom stereocenters. The summed E-state index contributed by atoms with van der Waals surface area (Å²) in [5, 5.41) is 11.2. The molecule has 0 bridgehead atoms. The zero-order chi connectivity index (χ0) is 17.0. The van der Waals surface area contributed by atoms with E-state index in [4.69, 9.17) is 0 Å². The number of hydrogen-bond donors (Lipinski definition) is 1. The lowest BCUT2D eigenvalue weighted by Crippen LogP contribution is -2.20. The van der Waals surface area contributed by atoms with Gasteiger partial charge in [0, 0.05) is 24.2 Å². The van der Waals surface area contributed by atoms with Crippen molar-refractivity contribution in [2.45, 2.75) is 39.2 Å². The molecule has 0 aliphatic rings. The van der Waals surface area contributed by atoms with Crippen LogP contribution in [0, 0.1) is 0 Å². The number of aromatic nitrogens is 1. The lowest BCUT2D eigenvalue weighted by atomic mass is 9.98. The van der Waals surface area contributed by atoms with E-state index >= 15 is 0 Å². The molecule has 0 aliphatic heterocycles. The Hall–Kier alpha value is -2.13. The molecule has 1 N–H and O–H groups in total. The Labute approximate surface area is 137 Å². The molecule has 3 heteroatoms. The van der Waals surface area contributed by atoms with Gasteiger partial charge in [-0.2, -0.15) is 0 Å². The molecule has 0 radical (unpaired) electrons. The molecule has 0 spiro atoms. The molecule has 0 aliphatic carbocycles. The Balaban J connectivity index is 2.29. The maximum atomic E-state index is 12.2. The van der Waals surface area contributed by atoms with Crippen LogP contribution in [0.1, 0.15) is 39.3 Å². The molecule has 0 unspecified atom stereocenters. The van der Waals surface area contributed by atoms with Crippen molar-refractivity contribution in [3.05, 3.63) is 64.0 Å². The fourth-order valence-corrected chi connectivity index (χ4v) is 2.58. The standard InChI is InChI=1S/C20H25NO2/c1-15(2)8-7-12-20(3,23)13-11-16-14-19(22)17-9-5-6-10-18(17)21(16)4/h5-6,8-11,13-14,23H,7,12H2,1-4H3/t20-/m0/s1. The predicted molar refractivity (Wildman–Crippen MR) is 97.5 cm³/mol.